The standard InChI is InChI=1S/C7H11N3O/c1-4-7-5(3-11-4)9-6(2-8)10-7/h4H,2-3,8H2,1H3,(H,9,10). The summed E-state index contributed by atoms with van der Waals surface area (Å²) in [6.07, 6.45) is 0.126. The van der Waals surface area contributed by atoms with E-state index in [2.05, 4.69) is 9.97 Å². The highest BCUT2D eigenvalue weighted by Crippen LogP contribution is 2.27. The SMILES string of the molecule is CC1OCc2[nH]c(CN)nc21. The first-order chi connectivity index (χ1) is 5.31. The molecule has 60 valence electrons. The first-order valence-corrected chi connectivity index (χ1v) is 3.70. The van der Waals surface area contributed by atoms with Crippen LogP contribution >= 0.6 is 0 Å². The van der Waals surface area contributed by atoms with Gasteiger partial charge in [-0.25, -0.2) is 4.98 Å². The van der Waals surface area contributed by atoms with Gasteiger partial charge in [0.15, 0.2) is 0 Å². The Kier molecular flexibility index (Phi) is 1.44. The van der Waals surface area contributed by atoms with Gasteiger partial charge < -0.3 is 15.5 Å². The number of aromatic amines is 1. The molecule has 1 atom stereocenters. The number of ether oxygens (including phenoxy) is 1. The predicted molar refractivity (Wildman–Crippen MR) is 39.7 cm³/mol. The van der Waals surface area contributed by atoms with Crippen molar-refractivity contribution in [2.24, 2.45) is 5.73 Å². The van der Waals surface area contributed by atoms with Gasteiger partial charge in [0.25, 0.3) is 0 Å². The second-order valence-electron chi connectivity index (χ2n) is 2.70. The van der Waals surface area contributed by atoms with Gasteiger partial charge in [0.1, 0.15) is 5.82 Å². The molecule has 0 amide bonds. The fourth-order valence-corrected chi connectivity index (χ4v) is 1.31. The van der Waals surface area contributed by atoms with Gasteiger partial charge in [-0.15, -0.1) is 0 Å². The van der Waals surface area contributed by atoms with Crippen LogP contribution in [0, 0.1) is 0 Å². The molecule has 11 heavy (non-hydrogen) atoms. The maximum absolute atomic E-state index is 5.42. The maximum Gasteiger partial charge on any atom is 0.120 e. The van der Waals surface area contributed by atoms with Gasteiger partial charge in [0, 0.05) is 0 Å². The number of rotatable bonds is 1. The molecular formula is C7H11N3O. The molecule has 0 fully saturated rings. The van der Waals surface area contributed by atoms with Gasteiger partial charge in [-0.05, 0) is 6.92 Å². The number of hydrogen-bond donors (Lipinski definition) is 2. The molecule has 0 bridgehead atoms. The summed E-state index contributed by atoms with van der Waals surface area (Å²) >= 11 is 0. The average molecular weight is 153 g/mol. The van der Waals surface area contributed by atoms with E-state index in [9.17, 15) is 0 Å². The Bertz CT molecular complexity index is 269. The lowest BCUT2D eigenvalue weighted by atomic mass is 10.3. The van der Waals surface area contributed by atoms with Crippen LogP contribution in [0.3, 0.4) is 0 Å². The molecule has 3 N–H and O–H groups in total. The molecule has 1 aliphatic heterocycles. The van der Waals surface area contributed by atoms with Crippen molar-refractivity contribution in [3.05, 3.63) is 17.2 Å². The van der Waals surface area contributed by atoms with Crippen LogP contribution in [0.2, 0.25) is 0 Å². The van der Waals surface area contributed by atoms with Crippen LogP contribution in [0.25, 0.3) is 0 Å². The molecule has 0 spiro atoms. The van der Waals surface area contributed by atoms with Crippen molar-refractivity contribution in [1.29, 1.82) is 0 Å². The lowest BCUT2D eigenvalue weighted by Gasteiger charge is -1.98. The monoisotopic (exact) mass is 153 g/mol. The maximum atomic E-state index is 5.42. The topological polar surface area (TPSA) is 63.9 Å². The molecule has 0 aromatic carbocycles. The van der Waals surface area contributed by atoms with Crippen molar-refractivity contribution in [2.45, 2.75) is 26.2 Å². The number of H-pyrrole nitrogens is 1. The van der Waals surface area contributed by atoms with Gasteiger partial charge in [-0.2, -0.15) is 0 Å². The molecule has 0 saturated heterocycles. The minimum atomic E-state index is 0.126. The lowest BCUT2D eigenvalue weighted by Crippen LogP contribution is -2.00. The molecule has 0 radical (unpaired) electrons. The zero-order valence-electron chi connectivity index (χ0n) is 6.42. The van der Waals surface area contributed by atoms with E-state index in [1.807, 2.05) is 6.92 Å². The van der Waals surface area contributed by atoms with Crippen LogP contribution < -0.4 is 5.73 Å². The van der Waals surface area contributed by atoms with Crippen LogP contribution in [0.5, 0.6) is 0 Å². The highest BCUT2D eigenvalue weighted by molar-refractivity contribution is 5.19. The van der Waals surface area contributed by atoms with Gasteiger partial charge in [0.2, 0.25) is 0 Å². The number of fused-ring (bicyclic) bond motifs is 1. The van der Waals surface area contributed by atoms with Crippen LogP contribution in [0.15, 0.2) is 0 Å². The fourth-order valence-electron chi connectivity index (χ4n) is 1.31. The van der Waals surface area contributed by atoms with Gasteiger partial charge in [-0.3, -0.25) is 0 Å². The van der Waals surface area contributed by atoms with Crippen molar-refractivity contribution < 1.29 is 4.74 Å². The van der Waals surface area contributed by atoms with Crippen molar-refractivity contribution >= 4 is 0 Å². The van der Waals surface area contributed by atoms with E-state index in [1.165, 1.54) is 0 Å². The Morgan fingerprint density at radius 3 is 3.27 bits per heavy atom. The molecule has 4 heteroatoms. The van der Waals surface area contributed by atoms with E-state index >= 15 is 0 Å². The highest BCUT2D eigenvalue weighted by atomic mass is 16.5. The first-order valence-electron chi connectivity index (χ1n) is 3.70. The second-order valence-corrected chi connectivity index (χ2v) is 2.70. The predicted octanol–water partition coefficient (Wildman–Crippen LogP) is 0.460. The van der Waals surface area contributed by atoms with E-state index in [4.69, 9.17) is 10.5 Å². The van der Waals surface area contributed by atoms with Crippen LogP contribution in [-0.4, -0.2) is 9.97 Å². The number of nitrogens with zero attached hydrogens (tertiary/aromatic N) is 1. The van der Waals surface area contributed by atoms with Crippen LogP contribution in [0.1, 0.15) is 30.2 Å². The summed E-state index contributed by atoms with van der Waals surface area (Å²) < 4.78 is 5.33. The summed E-state index contributed by atoms with van der Waals surface area (Å²) in [7, 11) is 0. The third-order valence-electron chi connectivity index (χ3n) is 1.92. The largest absolute Gasteiger partial charge is 0.366 e. The van der Waals surface area contributed by atoms with Gasteiger partial charge >= 0.3 is 0 Å². The Morgan fingerprint density at radius 2 is 2.64 bits per heavy atom. The highest BCUT2D eigenvalue weighted by Gasteiger charge is 2.22. The number of aromatic nitrogens is 2. The number of imidazole rings is 1. The molecule has 0 aliphatic carbocycles. The molecule has 1 aromatic rings. The van der Waals surface area contributed by atoms with Crippen LogP contribution in [-0.2, 0) is 17.9 Å². The molecule has 0 saturated carbocycles. The number of hydrogen-bond acceptors (Lipinski definition) is 3. The molecule has 4 nitrogen and oxygen atoms in total. The zero-order valence-corrected chi connectivity index (χ0v) is 6.42. The summed E-state index contributed by atoms with van der Waals surface area (Å²) in [5.41, 5.74) is 7.52. The van der Waals surface area contributed by atoms with E-state index in [1.54, 1.807) is 0 Å². The van der Waals surface area contributed by atoms with E-state index in [0.29, 0.717) is 13.2 Å². The summed E-state index contributed by atoms with van der Waals surface area (Å²) in [5.74, 6) is 0.852. The summed E-state index contributed by atoms with van der Waals surface area (Å²) in [6, 6.07) is 0. The summed E-state index contributed by atoms with van der Waals surface area (Å²) in [4.78, 5) is 7.40. The molecule has 1 unspecified atom stereocenters. The van der Waals surface area contributed by atoms with Crippen molar-refractivity contribution in [1.82, 2.24) is 9.97 Å². The first kappa shape index (κ1) is 6.82. The number of nitrogens with two attached hydrogens (primary N) is 1. The lowest BCUT2D eigenvalue weighted by molar-refractivity contribution is 0.0758. The van der Waals surface area contributed by atoms with Crippen LogP contribution in [0.4, 0.5) is 0 Å². The average Bonchev–Trinajstić information content (AvgIpc) is 2.53. The van der Waals surface area contributed by atoms with Gasteiger partial charge in [0.05, 0.1) is 30.6 Å². The van der Waals surface area contributed by atoms with Gasteiger partial charge in [-0.1, -0.05) is 0 Å². The summed E-state index contributed by atoms with van der Waals surface area (Å²) in [5, 5.41) is 0. The van der Waals surface area contributed by atoms with E-state index in [-0.39, 0.29) is 6.10 Å². The number of nitrogens with one attached hydrogen (secondary N) is 1. The Hall–Kier alpha value is -0.870. The fraction of sp³-hybridized carbons (Fsp3) is 0.571. The Morgan fingerprint density at radius 1 is 1.82 bits per heavy atom. The molecule has 1 aliphatic rings. The molecule has 2 heterocycles. The Balaban J connectivity index is 2.38. The third-order valence-corrected chi connectivity index (χ3v) is 1.92. The second kappa shape index (κ2) is 2.32. The quantitative estimate of drug-likeness (QED) is 0.616. The van der Waals surface area contributed by atoms with Crippen molar-refractivity contribution in [2.75, 3.05) is 0 Å². The normalized spacial score (nSPS) is 22.2. The zero-order chi connectivity index (χ0) is 7.84. The smallest absolute Gasteiger partial charge is 0.120 e. The molecule has 2 rings (SSSR count). The van der Waals surface area contributed by atoms with Crippen molar-refractivity contribution in [3.8, 4) is 0 Å². The van der Waals surface area contributed by atoms with E-state index in [0.717, 1.165) is 17.2 Å². The minimum Gasteiger partial charge on any atom is -0.366 e. The third kappa shape index (κ3) is 0.948. The Labute approximate surface area is 64.8 Å². The molecule has 1 aromatic heterocycles. The van der Waals surface area contributed by atoms with Crippen molar-refractivity contribution in [3.63, 3.8) is 0 Å². The van der Waals surface area contributed by atoms with E-state index < -0.39 is 0 Å². The summed E-state index contributed by atoms with van der Waals surface area (Å²) in [6.45, 7) is 3.11. The minimum absolute atomic E-state index is 0.126. The molecular weight excluding hydrogens is 142 g/mol.